The van der Waals surface area contributed by atoms with Crippen LogP contribution in [0.4, 0.5) is 31.9 Å². The van der Waals surface area contributed by atoms with Crippen molar-refractivity contribution in [2.75, 3.05) is 12.4 Å². The minimum absolute atomic E-state index is 0.0639. The predicted molar refractivity (Wildman–Crippen MR) is 91.8 cm³/mol. The first-order chi connectivity index (χ1) is 13.1. The van der Waals surface area contributed by atoms with Crippen LogP contribution in [0.25, 0.3) is 0 Å². The van der Waals surface area contributed by atoms with Crippen LogP contribution in [-0.2, 0) is 17.9 Å². The lowest BCUT2D eigenvalue weighted by Crippen LogP contribution is -2.41. The molecule has 0 bridgehead atoms. The van der Waals surface area contributed by atoms with Gasteiger partial charge in [-0.2, -0.15) is 13.2 Å². The van der Waals surface area contributed by atoms with Crippen molar-refractivity contribution in [2.24, 2.45) is 0 Å². The number of thiazole rings is 1. The lowest BCUT2D eigenvalue weighted by Gasteiger charge is -2.19. The van der Waals surface area contributed by atoms with Crippen molar-refractivity contribution in [1.29, 1.82) is 0 Å². The maximum Gasteiger partial charge on any atom is 0.428 e. The Balaban J connectivity index is 1.86. The maximum atomic E-state index is 13.1. The van der Waals surface area contributed by atoms with Gasteiger partial charge in [-0.05, 0) is 17.7 Å². The Labute approximate surface area is 160 Å². The molecule has 1 aromatic heterocycles. The number of benzene rings is 1. The molecule has 2 rings (SSSR count). The van der Waals surface area contributed by atoms with Gasteiger partial charge in [-0.1, -0.05) is 12.1 Å². The van der Waals surface area contributed by atoms with Crippen LogP contribution in [-0.4, -0.2) is 41.2 Å². The Morgan fingerprint density at radius 1 is 1.32 bits per heavy atom. The lowest BCUT2D eigenvalue weighted by atomic mass is 10.2. The Morgan fingerprint density at radius 3 is 2.68 bits per heavy atom. The molecule has 1 heterocycles. The first-order valence-corrected chi connectivity index (χ1v) is 8.63. The summed E-state index contributed by atoms with van der Waals surface area (Å²) in [6, 6.07) is 5.01. The molecule has 1 atom stereocenters. The van der Waals surface area contributed by atoms with E-state index in [-0.39, 0.29) is 23.9 Å². The average molecular weight is 422 g/mol. The van der Waals surface area contributed by atoms with Crippen LogP contribution in [0.3, 0.4) is 0 Å². The number of hydrogen-bond donors (Lipinski definition) is 2. The van der Waals surface area contributed by atoms with E-state index < -0.39 is 30.1 Å². The molecule has 0 spiro atoms. The number of rotatable bonds is 6. The number of nitrogens with one attached hydrogen (secondary N) is 2. The highest BCUT2D eigenvalue weighted by atomic mass is 32.1. The van der Waals surface area contributed by atoms with Crippen molar-refractivity contribution in [3.63, 3.8) is 0 Å². The molecule has 152 valence electrons. The van der Waals surface area contributed by atoms with Crippen LogP contribution >= 0.6 is 11.3 Å². The highest BCUT2D eigenvalue weighted by molar-refractivity contribution is 7.13. The van der Waals surface area contributed by atoms with Gasteiger partial charge in [0.2, 0.25) is 0 Å². The van der Waals surface area contributed by atoms with Crippen LogP contribution < -0.4 is 10.6 Å². The summed E-state index contributed by atoms with van der Waals surface area (Å²) in [5, 5.41) is 6.42. The van der Waals surface area contributed by atoms with Crippen molar-refractivity contribution in [1.82, 2.24) is 15.2 Å². The Kier molecular flexibility index (Phi) is 6.89. The highest BCUT2D eigenvalue weighted by Gasteiger charge is 2.46. The molecule has 0 aliphatic heterocycles. The van der Waals surface area contributed by atoms with E-state index in [4.69, 9.17) is 0 Å². The van der Waals surface area contributed by atoms with Crippen LogP contribution in [0.15, 0.2) is 29.6 Å². The third kappa shape index (κ3) is 6.15. The second-order valence-electron chi connectivity index (χ2n) is 5.68. The van der Waals surface area contributed by atoms with Gasteiger partial charge in [0.05, 0.1) is 12.2 Å². The zero-order valence-corrected chi connectivity index (χ0v) is 15.2. The molecule has 0 radical (unpaired) electrons. The summed E-state index contributed by atoms with van der Waals surface area (Å²) < 4.78 is 62.9. The van der Waals surface area contributed by atoms with E-state index in [1.807, 2.05) is 0 Å². The number of aromatic nitrogens is 1. The molecule has 6 nitrogen and oxygen atoms in total. The molecule has 0 saturated heterocycles. The summed E-state index contributed by atoms with van der Waals surface area (Å²) in [5.74, 6) is -2.17. The number of halogens is 5. The molecule has 12 heteroatoms. The van der Waals surface area contributed by atoms with Crippen LogP contribution in [0, 0.1) is 5.82 Å². The second kappa shape index (κ2) is 8.95. The lowest BCUT2D eigenvalue weighted by molar-refractivity contribution is -0.192. The summed E-state index contributed by atoms with van der Waals surface area (Å²) in [7, 11) is 1.01. The van der Waals surface area contributed by atoms with Gasteiger partial charge in [0.1, 0.15) is 5.82 Å². The summed E-state index contributed by atoms with van der Waals surface area (Å²) in [6.07, 6.45) is -8.89. The zero-order valence-electron chi connectivity index (χ0n) is 14.4. The van der Waals surface area contributed by atoms with Crippen LogP contribution in [0.2, 0.25) is 0 Å². The number of hydrogen-bond acceptors (Lipinski definition) is 4. The van der Waals surface area contributed by atoms with Crippen molar-refractivity contribution >= 4 is 28.4 Å². The van der Waals surface area contributed by atoms with Crippen molar-refractivity contribution in [3.8, 4) is 0 Å². The van der Waals surface area contributed by atoms with Crippen LogP contribution in [0.1, 0.15) is 11.3 Å². The van der Waals surface area contributed by atoms with E-state index >= 15 is 0 Å². The average Bonchev–Trinajstić information content (AvgIpc) is 3.04. The third-order valence-electron chi connectivity index (χ3n) is 3.39. The predicted octanol–water partition coefficient (Wildman–Crippen LogP) is 3.46. The number of anilines is 1. The Morgan fingerprint density at radius 2 is 2.04 bits per heavy atom. The molecule has 0 fully saturated rings. The monoisotopic (exact) mass is 422 g/mol. The van der Waals surface area contributed by atoms with Crippen molar-refractivity contribution in [2.45, 2.75) is 25.4 Å². The largest absolute Gasteiger partial charge is 0.428 e. The van der Waals surface area contributed by atoms with E-state index in [9.17, 15) is 31.5 Å². The standard InChI is InChI=1S/C16H15F5N4O2S/c1-25(13(26)12(18)16(19,20)21)7-11-8-28-15(23-11)24-14(27)22-6-9-3-2-4-10(17)5-9/h2-5,8,12H,6-7H2,1H3,(H2,22,23,24,27). The first-order valence-electron chi connectivity index (χ1n) is 7.75. The molecule has 2 aromatic rings. The van der Waals surface area contributed by atoms with Crippen molar-refractivity contribution < 1.29 is 31.5 Å². The van der Waals surface area contributed by atoms with E-state index in [0.29, 0.717) is 10.5 Å². The van der Waals surface area contributed by atoms with E-state index in [1.165, 1.54) is 23.6 Å². The van der Waals surface area contributed by atoms with Crippen molar-refractivity contribution in [3.05, 3.63) is 46.7 Å². The van der Waals surface area contributed by atoms with Gasteiger partial charge in [-0.3, -0.25) is 10.1 Å². The van der Waals surface area contributed by atoms with Gasteiger partial charge >= 0.3 is 12.2 Å². The third-order valence-corrected chi connectivity index (χ3v) is 4.20. The molecule has 0 aliphatic rings. The molecule has 2 N–H and O–H groups in total. The Bertz CT molecular complexity index is 842. The molecule has 0 saturated carbocycles. The summed E-state index contributed by atoms with van der Waals surface area (Å²) in [5.41, 5.74) is 0.719. The molecule has 28 heavy (non-hydrogen) atoms. The van der Waals surface area contributed by atoms with Gasteiger partial charge in [-0.25, -0.2) is 18.6 Å². The summed E-state index contributed by atoms with van der Waals surface area (Å²) >= 11 is 0.973. The number of amides is 3. The molecule has 1 aromatic carbocycles. The van der Waals surface area contributed by atoms with Crippen LogP contribution in [0.5, 0.6) is 0 Å². The van der Waals surface area contributed by atoms with Gasteiger partial charge < -0.3 is 10.2 Å². The van der Waals surface area contributed by atoms with E-state index in [2.05, 4.69) is 15.6 Å². The number of alkyl halides is 4. The first kappa shape index (κ1) is 21.5. The number of carbonyl (C=O) groups excluding carboxylic acids is 2. The SMILES string of the molecule is CN(Cc1csc(NC(=O)NCc2cccc(F)c2)n1)C(=O)C(F)C(F)(F)F. The molecule has 1 unspecified atom stereocenters. The highest BCUT2D eigenvalue weighted by Crippen LogP contribution is 2.25. The smallest absolute Gasteiger partial charge is 0.337 e. The minimum Gasteiger partial charge on any atom is -0.337 e. The number of urea groups is 1. The molecule has 0 aliphatic carbocycles. The molecule has 3 amide bonds. The minimum atomic E-state index is -5.28. The Hall–Kier alpha value is -2.76. The molecular weight excluding hydrogens is 407 g/mol. The maximum absolute atomic E-state index is 13.1. The van der Waals surface area contributed by atoms with E-state index in [1.54, 1.807) is 6.07 Å². The summed E-state index contributed by atoms with van der Waals surface area (Å²) in [6.45, 7) is -0.299. The van der Waals surface area contributed by atoms with Gasteiger partial charge in [0.25, 0.3) is 12.1 Å². The fraction of sp³-hybridized carbons (Fsp3) is 0.312. The number of carbonyl (C=O) groups is 2. The normalized spacial score (nSPS) is 12.4. The van der Waals surface area contributed by atoms with E-state index in [0.717, 1.165) is 18.4 Å². The fourth-order valence-electron chi connectivity index (χ4n) is 2.06. The summed E-state index contributed by atoms with van der Waals surface area (Å²) in [4.78, 5) is 27.8. The second-order valence-corrected chi connectivity index (χ2v) is 6.54. The van der Waals surface area contributed by atoms with Gasteiger partial charge in [-0.15, -0.1) is 11.3 Å². The van der Waals surface area contributed by atoms with Gasteiger partial charge in [0.15, 0.2) is 5.13 Å². The van der Waals surface area contributed by atoms with Gasteiger partial charge in [0, 0.05) is 19.0 Å². The fourth-order valence-corrected chi connectivity index (χ4v) is 2.76. The quantitative estimate of drug-likeness (QED) is 0.701. The zero-order chi connectivity index (χ0) is 20.9. The molecular formula is C16H15F5N4O2S. The topological polar surface area (TPSA) is 74.3 Å². The number of nitrogens with zero attached hydrogens (tertiary/aromatic N) is 2.